The Kier molecular flexibility index (Phi) is 8.19. The molecule has 0 unspecified atom stereocenters. The highest BCUT2D eigenvalue weighted by Crippen LogP contribution is 2.57. The summed E-state index contributed by atoms with van der Waals surface area (Å²) in [4.78, 5) is 9.56. The third-order valence-electron chi connectivity index (χ3n) is 9.89. The van der Waals surface area contributed by atoms with Crippen molar-refractivity contribution in [3.05, 3.63) is 124 Å². The molecule has 226 valence electrons. The van der Waals surface area contributed by atoms with Crippen molar-refractivity contribution in [3.63, 3.8) is 0 Å². The number of hydrogen-bond donors (Lipinski definition) is 1. The van der Waals surface area contributed by atoms with Gasteiger partial charge in [0.15, 0.2) is 5.75 Å². The van der Waals surface area contributed by atoms with Gasteiger partial charge in [-0.3, -0.25) is 0 Å². The van der Waals surface area contributed by atoms with Gasteiger partial charge in [-0.15, -0.1) is 0 Å². The molecule has 3 aliphatic carbocycles. The molecule has 4 aromatic carbocycles. The van der Waals surface area contributed by atoms with E-state index in [4.69, 9.17) is 21.3 Å². The van der Waals surface area contributed by atoms with E-state index in [9.17, 15) is 0 Å². The van der Waals surface area contributed by atoms with Crippen LogP contribution in [0.2, 0.25) is 5.02 Å². The lowest BCUT2D eigenvalue weighted by Crippen LogP contribution is -2.47. The molecule has 2 aliphatic heterocycles. The zero-order valence-electron chi connectivity index (χ0n) is 25.7. The minimum Gasteiger partial charge on any atom is -0.454 e. The number of fused-ring (bicyclic) bond motifs is 3. The van der Waals surface area contributed by atoms with Gasteiger partial charge in [0.05, 0.1) is 5.56 Å². The van der Waals surface area contributed by atoms with Crippen molar-refractivity contribution >= 4 is 23.1 Å². The van der Waals surface area contributed by atoms with Crippen LogP contribution in [0.5, 0.6) is 11.5 Å². The van der Waals surface area contributed by atoms with Gasteiger partial charge in [-0.25, -0.2) is 4.99 Å². The summed E-state index contributed by atoms with van der Waals surface area (Å²) >= 11 is 6.23. The van der Waals surface area contributed by atoms with Gasteiger partial charge in [0.2, 0.25) is 0 Å². The number of nitrogens with one attached hydrogen (secondary N) is 1. The van der Waals surface area contributed by atoms with Crippen molar-refractivity contribution in [2.45, 2.75) is 37.0 Å². The lowest BCUT2D eigenvalue weighted by Gasteiger charge is -2.50. The van der Waals surface area contributed by atoms with Gasteiger partial charge >= 0.3 is 0 Å². The number of aliphatic imine (C=N–C) groups is 1. The van der Waals surface area contributed by atoms with E-state index in [1.54, 1.807) is 22.3 Å². The monoisotopic (exact) mass is 604 g/mol. The summed E-state index contributed by atoms with van der Waals surface area (Å²) in [6.07, 6.45) is 5.13. The predicted octanol–water partition coefficient (Wildman–Crippen LogP) is 7.98. The van der Waals surface area contributed by atoms with Crippen LogP contribution in [0, 0.1) is 0 Å². The average molecular weight is 605 g/mol. The largest absolute Gasteiger partial charge is 0.454 e. The first-order valence-corrected chi connectivity index (χ1v) is 16.4. The SMILES string of the molecule is CN1CCN(C2=Nc3ccccc3Oc3ccc(Cl)cc32)CC1.CNCCCC12CCC(c3ccccc31)c1ccccc12. The number of amidine groups is 1. The van der Waals surface area contributed by atoms with Crippen LogP contribution in [-0.4, -0.2) is 62.5 Å². The van der Waals surface area contributed by atoms with E-state index in [1.807, 2.05) is 42.5 Å². The smallest absolute Gasteiger partial charge is 0.153 e. The van der Waals surface area contributed by atoms with Crippen molar-refractivity contribution in [2.75, 3.05) is 46.8 Å². The van der Waals surface area contributed by atoms with E-state index in [-0.39, 0.29) is 5.41 Å². The maximum Gasteiger partial charge on any atom is 0.153 e. The molecule has 0 spiro atoms. The molecule has 2 bridgehead atoms. The molecule has 44 heavy (non-hydrogen) atoms. The second kappa shape index (κ2) is 12.4. The second-order valence-corrected chi connectivity index (χ2v) is 12.9. The lowest BCUT2D eigenvalue weighted by atomic mass is 9.54. The van der Waals surface area contributed by atoms with Crippen LogP contribution in [0.15, 0.2) is 96.0 Å². The normalized spacial score (nSPS) is 21.4. The number of benzene rings is 4. The molecule has 1 saturated heterocycles. The Balaban J connectivity index is 0.000000143. The molecule has 0 atom stereocenters. The van der Waals surface area contributed by atoms with Crippen LogP contribution >= 0.6 is 11.6 Å². The third kappa shape index (κ3) is 5.32. The molecule has 9 rings (SSSR count). The zero-order chi connectivity index (χ0) is 30.1. The molecule has 0 radical (unpaired) electrons. The summed E-state index contributed by atoms with van der Waals surface area (Å²) in [6, 6.07) is 32.0. The maximum absolute atomic E-state index is 6.23. The minimum atomic E-state index is 0.263. The van der Waals surface area contributed by atoms with Crippen LogP contribution in [0.3, 0.4) is 0 Å². The van der Waals surface area contributed by atoms with Gasteiger partial charge in [-0.05, 0) is 98.9 Å². The number of piperazine rings is 1. The fourth-order valence-electron chi connectivity index (χ4n) is 7.67. The summed E-state index contributed by atoms with van der Waals surface area (Å²) in [5, 5.41) is 4.00. The van der Waals surface area contributed by atoms with Crippen molar-refractivity contribution in [1.29, 1.82) is 0 Å². The van der Waals surface area contributed by atoms with Crippen molar-refractivity contribution in [1.82, 2.24) is 15.1 Å². The number of para-hydroxylation sites is 2. The van der Waals surface area contributed by atoms with Crippen LogP contribution in [0.1, 0.15) is 59.4 Å². The van der Waals surface area contributed by atoms with Crippen LogP contribution in [-0.2, 0) is 5.41 Å². The van der Waals surface area contributed by atoms with Crippen molar-refractivity contribution in [3.8, 4) is 11.5 Å². The molecule has 0 aromatic heterocycles. The zero-order valence-corrected chi connectivity index (χ0v) is 26.5. The minimum absolute atomic E-state index is 0.263. The Morgan fingerprint density at radius 1 is 0.864 bits per heavy atom. The highest BCUT2D eigenvalue weighted by atomic mass is 35.5. The molecule has 5 nitrogen and oxygen atoms in total. The van der Waals surface area contributed by atoms with E-state index in [0.717, 1.165) is 61.3 Å². The standard InChI is InChI=1S/C20H23N.C18H18ClN3O/c1-21-14-6-12-20-13-11-15(16-7-2-4-9-18(16)20)17-8-3-5-10-19(17)20;1-21-8-10-22(11-9-21)18-14-12-13(19)6-7-16(14)23-17-5-3-2-4-15(17)20-18/h2-5,7-10,15,21H,6,11-14H2,1H3;2-7,12H,8-11H2,1H3. The number of hydrogen-bond acceptors (Lipinski definition) is 5. The Morgan fingerprint density at radius 2 is 1.55 bits per heavy atom. The molecular formula is C38H41ClN4O. The predicted molar refractivity (Wildman–Crippen MR) is 181 cm³/mol. The van der Waals surface area contributed by atoms with Crippen LogP contribution in [0.4, 0.5) is 5.69 Å². The van der Waals surface area contributed by atoms with Gasteiger partial charge in [0.25, 0.3) is 0 Å². The van der Waals surface area contributed by atoms with Gasteiger partial charge in [-0.2, -0.15) is 0 Å². The lowest BCUT2D eigenvalue weighted by molar-refractivity contribution is 0.215. The molecule has 0 amide bonds. The molecule has 6 heteroatoms. The van der Waals surface area contributed by atoms with Crippen LogP contribution in [0.25, 0.3) is 0 Å². The molecule has 5 aliphatic rings. The average Bonchev–Trinajstić information content (AvgIpc) is 3.23. The number of ether oxygens (including phenoxy) is 1. The first kappa shape index (κ1) is 29.1. The fourth-order valence-corrected chi connectivity index (χ4v) is 7.84. The molecule has 2 heterocycles. The highest BCUT2D eigenvalue weighted by molar-refractivity contribution is 6.31. The number of nitrogens with zero attached hydrogens (tertiary/aromatic N) is 3. The molecule has 0 saturated carbocycles. The summed E-state index contributed by atoms with van der Waals surface area (Å²) < 4.78 is 6.09. The van der Waals surface area contributed by atoms with Gasteiger partial charge in [0.1, 0.15) is 17.3 Å². The van der Waals surface area contributed by atoms with Gasteiger partial charge in [-0.1, -0.05) is 72.3 Å². The molecule has 1 N–H and O–H groups in total. The Morgan fingerprint density at radius 3 is 2.27 bits per heavy atom. The van der Waals surface area contributed by atoms with E-state index < -0.39 is 0 Å². The van der Waals surface area contributed by atoms with Crippen molar-refractivity contribution in [2.24, 2.45) is 4.99 Å². The van der Waals surface area contributed by atoms with Gasteiger partial charge < -0.3 is 19.9 Å². The third-order valence-corrected chi connectivity index (χ3v) is 10.1. The summed E-state index contributed by atoms with van der Waals surface area (Å²) in [7, 11) is 4.20. The summed E-state index contributed by atoms with van der Waals surface area (Å²) in [6.45, 7) is 5.05. The summed E-state index contributed by atoms with van der Waals surface area (Å²) in [5.74, 6) is 3.15. The molecule has 1 fully saturated rings. The fraction of sp³-hybridized carbons (Fsp3) is 0.342. The van der Waals surface area contributed by atoms with E-state index in [1.165, 1.54) is 25.7 Å². The number of rotatable bonds is 4. The van der Waals surface area contributed by atoms with Gasteiger partial charge in [0, 0.05) is 42.5 Å². The Hall–Kier alpha value is -3.64. The second-order valence-electron chi connectivity index (χ2n) is 12.5. The van der Waals surface area contributed by atoms with E-state index >= 15 is 0 Å². The first-order chi connectivity index (χ1) is 21.6. The number of likely N-dealkylation sites (N-methyl/N-ethyl adjacent to an activating group) is 1. The molecule has 4 aromatic rings. The first-order valence-electron chi connectivity index (χ1n) is 16.0. The Bertz CT molecular complexity index is 1630. The van der Waals surface area contributed by atoms with E-state index in [0.29, 0.717) is 10.9 Å². The van der Waals surface area contributed by atoms with Crippen molar-refractivity contribution < 1.29 is 4.74 Å². The topological polar surface area (TPSA) is 40.1 Å². The highest BCUT2D eigenvalue weighted by Gasteiger charge is 2.47. The quantitative estimate of drug-likeness (QED) is 0.240. The Labute approximate surface area is 266 Å². The maximum atomic E-state index is 6.23. The summed E-state index contributed by atoms with van der Waals surface area (Å²) in [5.41, 5.74) is 8.47. The van der Waals surface area contributed by atoms with Crippen LogP contribution < -0.4 is 10.1 Å². The molecular weight excluding hydrogens is 564 g/mol. The number of halogens is 1. The van der Waals surface area contributed by atoms with E-state index in [2.05, 4.69) is 77.7 Å².